The van der Waals surface area contributed by atoms with Crippen molar-refractivity contribution in [1.29, 1.82) is 0 Å². The molecule has 2 fully saturated rings. The van der Waals surface area contributed by atoms with Gasteiger partial charge in [-0.15, -0.1) is 0 Å². The maximum Gasteiger partial charge on any atom is 0.471 e. The average Bonchev–Trinajstić information content (AvgIpc) is 3.44. The molecule has 32 heavy (non-hydrogen) atoms. The van der Waals surface area contributed by atoms with E-state index in [1.807, 2.05) is 6.92 Å². The summed E-state index contributed by atoms with van der Waals surface area (Å²) in [6.45, 7) is 4.78. The third-order valence-electron chi connectivity index (χ3n) is 5.79. The molecule has 2 unspecified atom stereocenters. The Bertz CT molecular complexity index is 905. The molecule has 2 heterocycles. The van der Waals surface area contributed by atoms with Crippen LogP contribution in [0.25, 0.3) is 11.4 Å². The first-order valence-electron chi connectivity index (χ1n) is 10.3. The van der Waals surface area contributed by atoms with E-state index in [2.05, 4.69) is 24.9 Å². The quantitative estimate of drug-likeness (QED) is 0.668. The molecule has 1 saturated carbocycles. The van der Waals surface area contributed by atoms with Gasteiger partial charge in [-0.2, -0.15) is 18.2 Å². The average molecular weight is 454 g/mol. The van der Waals surface area contributed by atoms with Crippen LogP contribution in [0.4, 0.5) is 13.2 Å². The van der Waals surface area contributed by atoms with Gasteiger partial charge in [0.05, 0.1) is 0 Å². The molecule has 8 nitrogen and oxygen atoms in total. The Balaban J connectivity index is 0.000000913. The third-order valence-corrected chi connectivity index (χ3v) is 5.79. The number of rotatable bonds is 5. The van der Waals surface area contributed by atoms with E-state index in [4.69, 9.17) is 9.90 Å². The monoisotopic (exact) mass is 454 g/mol. The van der Waals surface area contributed by atoms with Gasteiger partial charge in [-0.3, -0.25) is 9.59 Å². The molecule has 4 rings (SSSR count). The topological polar surface area (TPSA) is 109 Å². The SMILES string of the molecule is C[C@H](CN1CC2CCCC2C1)NC(=O)c1ccc(-c2noc(C(F)(F)F)n2)cc1.O=CO. The summed E-state index contributed by atoms with van der Waals surface area (Å²) in [5.74, 6) is -0.152. The molecule has 11 heteroatoms. The van der Waals surface area contributed by atoms with Gasteiger partial charge < -0.3 is 19.8 Å². The van der Waals surface area contributed by atoms with Crippen molar-refractivity contribution in [1.82, 2.24) is 20.4 Å². The Kier molecular flexibility index (Phi) is 7.49. The van der Waals surface area contributed by atoms with Crippen LogP contribution in [-0.2, 0) is 11.0 Å². The molecular formula is C21H25F3N4O4. The zero-order valence-corrected chi connectivity index (χ0v) is 17.5. The van der Waals surface area contributed by atoms with Gasteiger partial charge in [0.25, 0.3) is 12.4 Å². The zero-order valence-electron chi connectivity index (χ0n) is 17.5. The smallest absolute Gasteiger partial charge is 0.471 e. The Morgan fingerprint density at radius 1 is 1.28 bits per heavy atom. The lowest BCUT2D eigenvalue weighted by molar-refractivity contribution is -0.159. The molecule has 1 aromatic heterocycles. The Labute approximate surface area is 182 Å². The number of amides is 1. The van der Waals surface area contributed by atoms with E-state index in [1.54, 1.807) is 12.1 Å². The number of carbonyl (C=O) groups is 2. The Morgan fingerprint density at radius 3 is 2.41 bits per heavy atom. The molecule has 2 aliphatic rings. The summed E-state index contributed by atoms with van der Waals surface area (Å²) >= 11 is 0. The first-order valence-corrected chi connectivity index (χ1v) is 10.3. The van der Waals surface area contributed by atoms with Crippen molar-refractivity contribution in [3.8, 4) is 11.4 Å². The van der Waals surface area contributed by atoms with E-state index >= 15 is 0 Å². The highest BCUT2D eigenvalue weighted by atomic mass is 19.4. The minimum absolute atomic E-state index is 0.00699. The summed E-state index contributed by atoms with van der Waals surface area (Å²) in [5, 5.41) is 13.2. The van der Waals surface area contributed by atoms with Gasteiger partial charge in [0.2, 0.25) is 5.82 Å². The molecule has 1 aliphatic heterocycles. The molecule has 2 aromatic rings. The lowest BCUT2D eigenvalue weighted by Gasteiger charge is -2.22. The van der Waals surface area contributed by atoms with Crippen molar-refractivity contribution in [2.24, 2.45) is 11.8 Å². The molecule has 1 amide bonds. The van der Waals surface area contributed by atoms with Crippen molar-refractivity contribution in [2.45, 2.75) is 38.4 Å². The first-order chi connectivity index (χ1) is 15.2. The highest BCUT2D eigenvalue weighted by Crippen LogP contribution is 2.37. The van der Waals surface area contributed by atoms with Gasteiger partial charge in [0, 0.05) is 36.8 Å². The normalized spacial score (nSPS) is 21.4. The van der Waals surface area contributed by atoms with Crippen LogP contribution in [0.5, 0.6) is 0 Å². The van der Waals surface area contributed by atoms with Crippen molar-refractivity contribution in [2.75, 3.05) is 19.6 Å². The number of likely N-dealkylation sites (tertiary alicyclic amines) is 1. The van der Waals surface area contributed by atoms with Crippen LogP contribution in [0.3, 0.4) is 0 Å². The summed E-state index contributed by atoms with van der Waals surface area (Å²) in [6, 6.07) is 6.11. The third kappa shape index (κ3) is 5.84. The predicted molar refractivity (Wildman–Crippen MR) is 108 cm³/mol. The highest BCUT2D eigenvalue weighted by Gasteiger charge is 2.38. The van der Waals surface area contributed by atoms with Crippen LogP contribution >= 0.6 is 0 Å². The number of nitrogens with one attached hydrogen (secondary N) is 1. The van der Waals surface area contributed by atoms with Crippen LogP contribution in [-0.4, -0.2) is 58.2 Å². The largest absolute Gasteiger partial charge is 0.483 e. The Hall–Kier alpha value is -2.95. The minimum atomic E-state index is -4.69. The van der Waals surface area contributed by atoms with Crippen molar-refractivity contribution >= 4 is 12.4 Å². The predicted octanol–water partition coefficient (Wildman–Crippen LogP) is 3.31. The fraction of sp³-hybridized carbons (Fsp3) is 0.524. The molecule has 174 valence electrons. The number of carbonyl (C=O) groups excluding carboxylic acids is 1. The molecule has 1 saturated heterocycles. The van der Waals surface area contributed by atoms with Gasteiger partial charge in [-0.25, -0.2) is 0 Å². The number of benzene rings is 1. The van der Waals surface area contributed by atoms with Gasteiger partial charge >= 0.3 is 12.1 Å². The van der Waals surface area contributed by atoms with E-state index in [0.29, 0.717) is 11.1 Å². The van der Waals surface area contributed by atoms with Gasteiger partial charge in [-0.1, -0.05) is 23.7 Å². The number of aromatic nitrogens is 2. The lowest BCUT2D eigenvalue weighted by atomic mass is 10.0. The summed E-state index contributed by atoms with van der Waals surface area (Å²) in [5.41, 5.74) is 0.774. The maximum atomic E-state index is 12.6. The first kappa shape index (κ1) is 23.7. The Morgan fingerprint density at radius 2 is 1.88 bits per heavy atom. The second-order valence-electron chi connectivity index (χ2n) is 8.15. The van der Waals surface area contributed by atoms with E-state index in [0.717, 1.165) is 31.5 Å². The van der Waals surface area contributed by atoms with Crippen LogP contribution in [0, 0.1) is 11.8 Å². The van der Waals surface area contributed by atoms with E-state index in [9.17, 15) is 18.0 Å². The van der Waals surface area contributed by atoms with Crippen LogP contribution in [0.1, 0.15) is 42.4 Å². The highest BCUT2D eigenvalue weighted by molar-refractivity contribution is 5.94. The number of hydrogen-bond acceptors (Lipinski definition) is 6. The van der Waals surface area contributed by atoms with Crippen molar-refractivity contribution in [3.63, 3.8) is 0 Å². The molecule has 1 aliphatic carbocycles. The second-order valence-corrected chi connectivity index (χ2v) is 8.15. The van der Waals surface area contributed by atoms with E-state index < -0.39 is 12.1 Å². The molecule has 3 atom stereocenters. The number of carboxylic acid groups (broad SMARTS) is 1. The number of fused-ring (bicyclic) bond motifs is 1. The van der Waals surface area contributed by atoms with E-state index in [1.165, 1.54) is 31.4 Å². The van der Waals surface area contributed by atoms with E-state index in [-0.39, 0.29) is 24.2 Å². The number of nitrogens with zero attached hydrogens (tertiary/aromatic N) is 3. The van der Waals surface area contributed by atoms with Gasteiger partial charge in [0.15, 0.2) is 0 Å². The van der Waals surface area contributed by atoms with Gasteiger partial charge in [0.1, 0.15) is 0 Å². The molecule has 2 N–H and O–H groups in total. The lowest BCUT2D eigenvalue weighted by Crippen LogP contribution is -2.41. The summed E-state index contributed by atoms with van der Waals surface area (Å²) in [4.78, 5) is 26.6. The standard InChI is InChI=1S/C20H23F3N4O2.CH2O2/c1-12(9-27-10-15-3-2-4-16(15)11-27)24-18(28)14-7-5-13(6-8-14)17-25-19(29-26-17)20(21,22)23;2-1-3/h5-8,12,15-16H,2-4,9-11H2,1H3,(H,24,28);1H,(H,2,3)/t12-,15?,16?;/m1./s1. The molecule has 1 aromatic carbocycles. The fourth-order valence-corrected chi connectivity index (χ4v) is 4.45. The second kappa shape index (κ2) is 10.1. The maximum absolute atomic E-state index is 12.6. The number of hydrogen-bond donors (Lipinski definition) is 2. The van der Waals surface area contributed by atoms with Crippen molar-refractivity contribution < 1.29 is 32.4 Å². The fourth-order valence-electron chi connectivity index (χ4n) is 4.45. The van der Waals surface area contributed by atoms with Crippen LogP contribution < -0.4 is 5.32 Å². The van der Waals surface area contributed by atoms with Crippen LogP contribution in [0.15, 0.2) is 28.8 Å². The number of halogens is 3. The number of alkyl halides is 3. The molecule has 0 spiro atoms. The molecular weight excluding hydrogens is 429 g/mol. The minimum Gasteiger partial charge on any atom is -0.483 e. The molecule has 0 radical (unpaired) electrons. The molecule has 0 bridgehead atoms. The zero-order chi connectivity index (χ0) is 23.3. The summed E-state index contributed by atoms with van der Waals surface area (Å²) < 4.78 is 41.9. The summed E-state index contributed by atoms with van der Waals surface area (Å²) in [6.07, 6.45) is -0.708. The van der Waals surface area contributed by atoms with Crippen molar-refractivity contribution in [3.05, 3.63) is 35.7 Å². The summed E-state index contributed by atoms with van der Waals surface area (Å²) in [7, 11) is 0. The van der Waals surface area contributed by atoms with Crippen LogP contribution in [0.2, 0.25) is 0 Å². The van der Waals surface area contributed by atoms with Gasteiger partial charge in [-0.05, 0) is 43.7 Å².